The lowest BCUT2D eigenvalue weighted by Crippen LogP contribution is -2.18. The number of aryl methyl sites for hydroxylation is 1. The summed E-state index contributed by atoms with van der Waals surface area (Å²) in [6.07, 6.45) is 0. The fraction of sp³-hybridized carbons (Fsp3) is 0.278. The van der Waals surface area contributed by atoms with E-state index in [1.807, 2.05) is 31.2 Å². The first-order chi connectivity index (χ1) is 13.5. The van der Waals surface area contributed by atoms with Crippen LogP contribution in [0, 0.1) is 6.92 Å². The smallest absolute Gasteiger partial charge is 0.217 e. The van der Waals surface area contributed by atoms with Crippen molar-refractivity contribution in [3.8, 4) is 11.4 Å². The Hall–Kier alpha value is -2.72. The molecule has 0 saturated heterocycles. The molecule has 10 heteroatoms. The highest BCUT2D eigenvalue weighted by atomic mass is 32.2. The fourth-order valence-corrected chi connectivity index (χ4v) is 4.16. The van der Waals surface area contributed by atoms with Gasteiger partial charge in [0.2, 0.25) is 11.1 Å². The molecule has 146 valence electrons. The lowest BCUT2D eigenvalue weighted by Gasteiger charge is -2.10. The van der Waals surface area contributed by atoms with Crippen LogP contribution in [0.2, 0.25) is 0 Å². The number of nitrogens with zero attached hydrogens (tertiary/aromatic N) is 4. The number of carbonyl (C=O) groups excluding carboxylic acids is 2. The molecule has 1 N–H and O–H groups in total. The van der Waals surface area contributed by atoms with E-state index >= 15 is 0 Å². The van der Waals surface area contributed by atoms with Crippen LogP contribution < -0.4 is 10.1 Å². The van der Waals surface area contributed by atoms with Crippen molar-refractivity contribution in [1.82, 2.24) is 25.5 Å². The second-order valence-corrected chi connectivity index (χ2v) is 8.05. The molecular formula is C18H19N5O3S2. The van der Waals surface area contributed by atoms with Crippen molar-refractivity contribution in [1.29, 1.82) is 0 Å². The highest BCUT2D eigenvalue weighted by Crippen LogP contribution is 2.27. The quantitative estimate of drug-likeness (QED) is 0.444. The summed E-state index contributed by atoms with van der Waals surface area (Å²) in [5.74, 6) is 0.728. The lowest BCUT2D eigenvalue weighted by atomic mass is 10.2. The zero-order chi connectivity index (χ0) is 20.1. The second-order valence-electron chi connectivity index (χ2n) is 5.94. The molecule has 2 heterocycles. The van der Waals surface area contributed by atoms with Crippen LogP contribution in [-0.4, -0.2) is 44.8 Å². The van der Waals surface area contributed by atoms with E-state index in [2.05, 4.69) is 20.8 Å². The van der Waals surface area contributed by atoms with E-state index in [1.165, 1.54) is 30.0 Å². The Balaban J connectivity index is 1.70. The number of methoxy groups -OCH3 is 1. The molecule has 3 rings (SSSR count). The number of hydrogen-bond acceptors (Lipinski definition) is 8. The minimum Gasteiger partial charge on any atom is -0.494 e. The first-order valence-corrected chi connectivity index (χ1v) is 10.2. The maximum absolute atomic E-state index is 12.5. The number of amides is 1. The molecule has 0 radical (unpaired) electrons. The van der Waals surface area contributed by atoms with Crippen LogP contribution in [-0.2, 0) is 11.3 Å². The number of ether oxygens (including phenoxy) is 1. The average Bonchev–Trinajstić information content (AvgIpc) is 3.33. The minimum absolute atomic E-state index is 0.0187. The van der Waals surface area contributed by atoms with E-state index in [0.717, 1.165) is 16.1 Å². The molecule has 1 aromatic carbocycles. The fourth-order valence-electron chi connectivity index (χ4n) is 2.42. The van der Waals surface area contributed by atoms with Crippen molar-refractivity contribution < 1.29 is 14.3 Å². The number of nitrogens with one attached hydrogen (secondary N) is 1. The molecule has 1 amide bonds. The van der Waals surface area contributed by atoms with E-state index in [1.54, 1.807) is 17.9 Å². The van der Waals surface area contributed by atoms with Gasteiger partial charge in [0.1, 0.15) is 11.4 Å². The molecule has 0 fully saturated rings. The average molecular weight is 418 g/mol. The van der Waals surface area contributed by atoms with Crippen LogP contribution in [0.15, 0.2) is 35.5 Å². The Kier molecular flexibility index (Phi) is 6.42. The van der Waals surface area contributed by atoms with Gasteiger partial charge in [0.15, 0.2) is 5.78 Å². The molecule has 0 aliphatic heterocycles. The van der Waals surface area contributed by atoms with E-state index in [9.17, 15) is 9.59 Å². The molecular weight excluding hydrogens is 398 g/mol. The van der Waals surface area contributed by atoms with Gasteiger partial charge in [-0.25, -0.2) is 0 Å². The van der Waals surface area contributed by atoms with E-state index in [0.29, 0.717) is 22.3 Å². The van der Waals surface area contributed by atoms with E-state index in [4.69, 9.17) is 4.74 Å². The number of hydrogen-bond donors (Lipinski definition) is 1. The summed E-state index contributed by atoms with van der Waals surface area (Å²) < 4.78 is 6.97. The SMILES string of the molecule is COc1ccc(C)cc1-n1nnnc1SCC(=O)c1ccc(CNC(C)=O)s1. The third-order valence-corrected chi connectivity index (χ3v) is 5.83. The summed E-state index contributed by atoms with van der Waals surface area (Å²) in [7, 11) is 1.59. The summed E-state index contributed by atoms with van der Waals surface area (Å²) in [6, 6.07) is 9.35. The van der Waals surface area contributed by atoms with Crippen LogP contribution in [0.4, 0.5) is 0 Å². The number of Topliss-reactive ketones (excluding diaryl/α,β-unsaturated/α-hetero) is 1. The Morgan fingerprint density at radius 2 is 2.11 bits per heavy atom. The summed E-state index contributed by atoms with van der Waals surface area (Å²) in [5, 5.41) is 15.0. The van der Waals surface area contributed by atoms with Gasteiger partial charge in [-0.15, -0.1) is 16.4 Å². The molecule has 8 nitrogen and oxygen atoms in total. The lowest BCUT2D eigenvalue weighted by molar-refractivity contribution is -0.119. The van der Waals surface area contributed by atoms with Crippen LogP contribution in [0.5, 0.6) is 5.75 Å². The van der Waals surface area contributed by atoms with Gasteiger partial charge in [0.05, 0.1) is 24.3 Å². The summed E-state index contributed by atoms with van der Waals surface area (Å²) in [6.45, 7) is 3.86. The summed E-state index contributed by atoms with van der Waals surface area (Å²) in [5.41, 5.74) is 1.76. The number of ketones is 1. The van der Waals surface area contributed by atoms with Gasteiger partial charge in [0, 0.05) is 11.8 Å². The normalized spacial score (nSPS) is 10.7. The zero-order valence-electron chi connectivity index (χ0n) is 15.6. The third kappa shape index (κ3) is 4.76. The predicted molar refractivity (Wildman–Crippen MR) is 107 cm³/mol. The number of aromatic nitrogens is 4. The monoisotopic (exact) mass is 417 g/mol. The van der Waals surface area contributed by atoms with Crippen LogP contribution in [0.3, 0.4) is 0 Å². The van der Waals surface area contributed by atoms with E-state index < -0.39 is 0 Å². The van der Waals surface area contributed by atoms with Crippen molar-refractivity contribution in [2.24, 2.45) is 0 Å². The number of carbonyl (C=O) groups is 2. The van der Waals surface area contributed by atoms with Gasteiger partial charge in [-0.3, -0.25) is 9.59 Å². The Morgan fingerprint density at radius 3 is 2.86 bits per heavy atom. The topological polar surface area (TPSA) is 99.0 Å². The molecule has 0 aliphatic carbocycles. The number of thiophene rings is 1. The zero-order valence-corrected chi connectivity index (χ0v) is 17.3. The Morgan fingerprint density at radius 1 is 1.29 bits per heavy atom. The van der Waals surface area contributed by atoms with Gasteiger partial charge in [0.25, 0.3) is 0 Å². The van der Waals surface area contributed by atoms with Crippen molar-refractivity contribution in [2.75, 3.05) is 12.9 Å². The third-order valence-electron chi connectivity index (χ3n) is 3.78. The van der Waals surface area contributed by atoms with Crippen molar-refractivity contribution in [3.63, 3.8) is 0 Å². The van der Waals surface area contributed by atoms with E-state index in [-0.39, 0.29) is 17.4 Å². The summed E-state index contributed by atoms with van der Waals surface area (Å²) >= 11 is 2.64. The maximum Gasteiger partial charge on any atom is 0.217 e. The van der Waals surface area contributed by atoms with Gasteiger partial charge in [-0.05, 0) is 47.2 Å². The maximum atomic E-state index is 12.5. The largest absolute Gasteiger partial charge is 0.494 e. The molecule has 0 saturated carbocycles. The predicted octanol–water partition coefficient (Wildman–Crippen LogP) is 2.65. The van der Waals surface area contributed by atoms with Gasteiger partial charge in [-0.2, -0.15) is 4.68 Å². The molecule has 28 heavy (non-hydrogen) atoms. The molecule has 0 unspecified atom stereocenters. The first kappa shape index (κ1) is 20.0. The van der Waals surface area contributed by atoms with Crippen LogP contribution >= 0.6 is 23.1 Å². The molecule has 0 bridgehead atoms. The Labute approximate surface area is 170 Å². The molecule has 2 aromatic heterocycles. The number of benzene rings is 1. The van der Waals surface area contributed by atoms with Gasteiger partial charge >= 0.3 is 0 Å². The highest BCUT2D eigenvalue weighted by Gasteiger charge is 2.17. The molecule has 3 aromatic rings. The minimum atomic E-state index is -0.102. The van der Waals surface area contributed by atoms with Gasteiger partial charge in [-0.1, -0.05) is 17.8 Å². The number of thioether (sulfide) groups is 1. The second kappa shape index (κ2) is 8.98. The first-order valence-electron chi connectivity index (χ1n) is 8.40. The number of rotatable bonds is 8. The van der Waals surface area contributed by atoms with Crippen LogP contribution in [0.25, 0.3) is 5.69 Å². The molecule has 0 atom stereocenters. The summed E-state index contributed by atoms with van der Waals surface area (Å²) in [4.78, 5) is 25.1. The van der Waals surface area contributed by atoms with Crippen molar-refractivity contribution in [2.45, 2.75) is 25.5 Å². The van der Waals surface area contributed by atoms with Crippen molar-refractivity contribution in [3.05, 3.63) is 45.6 Å². The molecule has 0 aliphatic rings. The Bertz CT molecular complexity index is 999. The number of tetrazole rings is 1. The van der Waals surface area contributed by atoms with Crippen molar-refractivity contribution >= 4 is 34.8 Å². The molecule has 0 spiro atoms. The highest BCUT2D eigenvalue weighted by molar-refractivity contribution is 7.99. The van der Waals surface area contributed by atoms with Crippen LogP contribution in [0.1, 0.15) is 27.0 Å². The van der Waals surface area contributed by atoms with Gasteiger partial charge < -0.3 is 10.1 Å². The standard InChI is InChI=1S/C18H19N5O3S2/c1-11-4-6-16(26-3)14(8-11)23-18(20-21-22-23)27-10-15(25)17-7-5-13(28-17)9-19-12(2)24/h4-8H,9-10H2,1-3H3,(H,19,24).